The summed E-state index contributed by atoms with van der Waals surface area (Å²) in [6, 6.07) is 14.5. The molecule has 27 heavy (non-hydrogen) atoms. The highest BCUT2D eigenvalue weighted by molar-refractivity contribution is 5.82. The first-order valence-electron chi connectivity index (χ1n) is 9.07. The molecule has 0 bridgehead atoms. The van der Waals surface area contributed by atoms with Gasteiger partial charge < -0.3 is 13.9 Å². The van der Waals surface area contributed by atoms with Gasteiger partial charge in [0.05, 0.1) is 0 Å². The number of carbonyl (C=O) groups excluding carboxylic acids is 1. The van der Waals surface area contributed by atoms with Crippen LogP contribution in [-0.4, -0.2) is 12.1 Å². The third kappa shape index (κ3) is 3.72. The summed E-state index contributed by atoms with van der Waals surface area (Å²) >= 11 is 0. The number of hydrogen-bond donors (Lipinski definition) is 0. The molecule has 0 fully saturated rings. The fraction of sp³-hybridized carbons (Fsp3) is 0.273. The first kappa shape index (κ1) is 17.3. The van der Waals surface area contributed by atoms with Gasteiger partial charge in [0.15, 0.2) is 6.10 Å². The summed E-state index contributed by atoms with van der Waals surface area (Å²) < 4.78 is 16.3. The van der Waals surface area contributed by atoms with Crippen LogP contribution in [0.25, 0.3) is 11.0 Å². The first-order valence-corrected chi connectivity index (χ1v) is 9.07. The second kappa shape index (κ2) is 7.27. The number of ether oxygens (including phenoxy) is 2. The average Bonchev–Trinajstić information content (AvgIpc) is 3.12. The summed E-state index contributed by atoms with van der Waals surface area (Å²) in [5.41, 5.74) is 3.24. The van der Waals surface area contributed by atoms with Crippen molar-refractivity contribution in [3.8, 4) is 5.75 Å². The largest absolute Gasteiger partial charge is 0.479 e. The van der Waals surface area contributed by atoms with E-state index < -0.39 is 17.7 Å². The average molecular weight is 364 g/mol. The maximum atomic E-state index is 12.3. The Bertz CT molecular complexity index is 1040. The van der Waals surface area contributed by atoms with Crippen LogP contribution in [0.15, 0.2) is 57.7 Å². The Morgan fingerprint density at radius 2 is 1.85 bits per heavy atom. The van der Waals surface area contributed by atoms with Crippen molar-refractivity contribution in [3.63, 3.8) is 0 Å². The van der Waals surface area contributed by atoms with E-state index in [-0.39, 0.29) is 6.61 Å². The molecule has 0 spiro atoms. The van der Waals surface area contributed by atoms with E-state index in [2.05, 4.69) is 0 Å². The van der Waals surface area contributed by atoms with E-state index in [1.54, 1.807) is 19.1 Å². The minimum absolute atomic E-state index is 0.00219. The van der Waals surface area contributed by atoms with Crippen LogP contribution in [0.2, 0.25) is 0 Å². The molecule has 0 aliphatic heterocycles. The third-order valence-electron chi connectivity index (χ3n) is 4.80. The Labute approximate surface area is 156 Å². The zero-order chi connectivity index (χ0) is 18.8. The lowest BCUT2D eigenvalue weighted by molar-refractivity contribution is -0.152. The number of fused-ring (bicyclic) bond motifs is 2. The monoisotopic (exact) mass is 364 g/mol. The molecule has 0 amide bonds. The van der Waals surface area contributed by atoms with Crippen LogP contribution >= 0.6 is 0 Å². The molecule has 5 nitrogen and oxygen atoms in total. The number of rotatable bonds is 5. The zero-order valence-corrected chi connectivity index (χ0v) is 15.1. The van der Waals surface area contributed by atoms with Gasteiger partial charge in [0.1, 0.15) is 17.9 Å². The van der Waals surface area contributed by atoms with E-state index in [1.165, 1.54) is 17.2 Å². The lowest BCUT2D eigenvalue weighted by Gasteiger charge is -2.14. The zero-order valence-electron chi connectivity index (χ0n) is 15.1. The fourth-order valence-corrected chi connectivity index (χ4v) is 3.43. The second-order valence-corrected chi connectivity index (χ2v) is 6.74. The molecule has 1 aliphatic rings. The molecular formula is C22H20O5. The van der Waals surface area contributed by atoms with E-state index >= 15 is 0 Å². The molecule has 0 saturated carbocycles. The molecule has 1 heterocycles. The van der Waals surface area contributed by atoms with Gasteiger partial charge in [0.25, 0.3) is 0 Å². The molecular weight excluding hydrogens is 344 g/mol. The van der Waals surface area contributed by atoms with Gasteiger partial charge in [0, 0.05) is 17.0 Å². The van der Waals surface area contributed by atoms with Crippen molar-refractivity contribution in [2.45, 2.75) is 38.9 Å². The standard InChI is InChI=1S/C22H20O5/c1-14(26-18-8-3-2-4-9-18)22(24)25-13-17-12-21(23)27-20-11-16-7-5-6-15(16)10-19(17)20/h2-4,8-12,14H,5-7,13H2,1H3/t14-/m1/s1. The summed E-state index contributed by atoms with van der Waals surface area (Å²) in [6.45, 7) is 1.64. The predicted molar refractivity (Wildman–Crippen MR) is 101 cm³/mol. The van der Waals surface area contributed by atoms with Crippen molar-refractivity contribution < 1.29 is 18.7 Å². The number of para-hydroxylation sites is 1. The summed E-state index contributed by atoms with van der Waals surface area (Å²) in [5.74, 6) is 0.115. The van der Waals surface area contributed by atoms with Crippen LogP contribution in [0.4, 0.5) is 0 Å². The Balaban J connectivity index is 1.51. The van der Waals surface area contributed by atoms with Crippen molar-refractivity contribution in [1.29, 1.82) is 0 Å². The molecule has 2 aromatic carbocycles. The van der Waals surface area contributed by atoms with Crippen molar-refractivity contribution in [2.75, 3.05) is 0 Å². The molecule has 0 radical (unpaired) electrons. The van der Waals surface area contributed by atoms with Gasteiger partial charge in [-0.2, -0.15) is 0 Å². The maximum absolute atomic E-state index is 12.3. The Hall–Kier alpha value is -3.08. The molecule has 1 aromatic heterocycles. The fourth-order valence-electron chi connectivity index (χ4n) is 3.43. The third-order valence-corrected chi connectivity index (χ3v) is 4.80. The quantitative estimate of drug-likeness (QED) is 0.509. The van der Waals surface area contributed by atoms with E-state index in [0.717, 1.165) is 24.6 Å². The summed E-state index contributed by atoms with van der Waals surface area (Å²) in [6.07, 6.45) is 2.38. The van der Waals surface area contributed by atoms with E-state index in [1.807, 2.05) is 30.3 Å². The van der Waals surface area contributed by atoms with Crippen LogP contribution in [0.5, 0.6) is 5.75 Å². The SMILES string of the molecule is C[C@@H](Oc1ccccc1)C(=O)OCc1cc(=O)oc2cc3c(cc12)CCC3. The summed E-state index contributed by atoms with van der Waals surface area (Å²) in [5, 5.41) is 0.819. The number of carbonyl (C=O) groups is 1. The Morgan fingerprint density at radius 3 is 2.63 bits per heavy atom. The van der Waals surface area contributed by atoms with Crippen LogP contribution in [0.3, 0.4) is 0 Å². The minimum Gasteiger partial charge on any atom is -0.479 e. The highest BCUT2D eigenvalue weighted by Gasteiger charge is 2.19. The minimum atomic E-state index is -0.747. The summed E-state index contributed by atoms with van der Waals surface area (Å²) in [7, 11) is 0. The lowest BCUT2D eigenvalue weighted by atomic mass is 10.0. The Kier molecular flexibility index (Phi) is 4.67. The van der Waals surface area contributed by atoms with Crippen molar-refractivity contribution in [2.24, 2.45) is 0 Å². The normalized spacial score (nSPS) is 14.0. The van der Waals surface area contributed by atoms with Gasteiger partial charge in [0.2, 0.25) is 0 Å². The highest BCUT2D eigenvalue weighted by Crippen LogP contribution is 2.28. The van der Waals surface area contributed by atoms with Crippen LogP contribution in [-0.2, 0) is 29.0 Å². The molecule has 4 rings (SSSR count). The van der Waals surface area contributed by atoms with Crippen molar-refractivity contribution in [1.82, 2.24) is 0 Å². The van der Waals surface area contributed by atoms with Gasteiger partial charge in [-0.25, -0.2) is 9.59 Å². The molecule has 0 saturated heterocycles. The predicted octanol–water partition coefficient (Wildman–Crippen LogP) is 3.79. The van der Waals surface area contributed by atoms with Gasteiger partial charge in [-0.15, -0.1) is 0 Å². The van der Waals surface area contributed by atoms with Crippen LogP contribution < -0.4 is 10.4 Å². The van der Waals surface area contributed by atoms with E-state index in [0.29, 0.717) is 16.9 Å². The van der Waals surface area contributed by atoms with Gasteiger partial charge >= 0.3 is 11.6 Å². The molecule has 3 aromatic rings. The van der Waals surface area contributed by atoms with Crippen molar-refractivity contribution >= 4 is 16.9 Å². The molecule has 5 heteroatoms. The maximum Gasteiger partial charge on any atom is 0.347 e. The van der Waals surface area contributed by atoms with Gasteiger partial charge in [-0.05, 0) is 61.6 Å². The van der Waals surface area contributed by atoms with Crippen LogP contribution in [0, 0.1) is 0 Å². The first-order chi connectivity index (χ1) is 13.1. The van der Waals surface area contributed by atoms with Crippen molar-refractivity contribution in [3.05, 3.63) is 75.6 Å². The summed E-state index contributed by atoms with van der Waals surface area (Å²) in [4.78, 5) is 24.2. The molecule has 0 unspecified atom stereocenters. The molecule has 1 atom stereocenters. The van der Waals surface area contributed by atoms with E-state index in [4.69, 9.17) is 13.9 Å². The smallest absolute Gasteiger partial charge is 0.347 e. The second-order valence-electron chi connectivity index (χ2n) is 6.74. The van der Waals surface area contributed by atoms with Gasteiger partial charge in [-0.1, -0.05) is 18.2 Å². The molecule has 1 aliphatic carbocycles. The number of benzene rings is 2. The van der Waals surface area contributed by atoms with E-state index in [9.17, 15) is 9.59 Å². The number of aryl methyl sites for hydroxylation is 2. The highest BCUT2D eigenvalue weighted by atomic mass is 16.6. The molecule has 138 valence electrons. The van der Waals surface area contributed by atoms with Gasteiger partial charge in [-0.3, -0.25) is 0 Å². The number of esters is 1. The molecule has 0 N–H and O–H groups in total. The van der Waals surface area contributed by atoms with Crippen LogP contribution in [0.1, 0.15) is 30.0 Å². The lowest BCUT2D eigenvalue weighted by Crippen LogP contribution is -2.26. The Morgan fingerprint density at radius 1 is 1.11 bits per heavy atom. The topological polar surface area (TPSA) is 65.7 Å². The number of hydrogen-bond acceptors (Lipinski definition) is 5.